The minimum absolute atomic E-state index is 0.0400. The van der Waals surface area contributed by atoms with Crippen molar-refractivity contribution in [3.8, 4) is 0 Å². The van der Waals surface area contributed by atoms with E-state index in [4.69, 9.17) is 4.74 Å². The highest BCUT2D eigenvalue weighted by atomic mass is 16.5. The van der Waals surface area contributed by atoms with Crippen LogP contribution >= 0.6 is 0 Å². The van der Waals surface area contributed by atoms with Crippen LogP contribution in [0, 0.1) is 28.6 Å². The van der Waals surface area contributed by atoms with E-state index in [1.54, 1.807) is 11.0 Å². The van der Waals surface area contributed by atoms with Gasteiger partial charge < -0.3 is 36.2 Å². The van der Waals surface area contributed by atoms with E-state index in [1.165, 1.54) is 0 Å². The van der Waals surface area contributed by atoms with Crippen LogP contribution in [0.5, 0.6) is 0 Å². The number of carbonyl (C=O) groups is 5. The summed E-state index contributed by atoms with van der Waals surface area (Å²) < 4.78 is 5.42. The van der Waals surface area contributed by atoms with E-state index in [0.717, 1.165) is 38.5 Å². The molecule has 0 aromatic rings. The largest absolute Gasteiger partial charge is 0.447 e. The Morgan fingerprint density at radius 2 is 1.65 bits per heavy atom. The van der Waals surface area contributed by atoms with Crippen molar-refractivity contribution in [1.82, 2.24) is 31.5 Å². The predicted octanol–water partition coefficient (Wildman–Crippen LogP) is 4.41. The maximum atomic E-state index is 14.6. The minimum Gasteiger partial charge on any atom is -0.447 e. The van der Waals surface area contributed by atoms with Gasteiger partial charge in [0.25, 0.3) is 0 Å². The van der Waals surface area contributed by atoms with Crippen LogP contribution in [0.2, 0.25) is 0 Å². The van der Waals surface area contributed by atoms with Gasteiger partial charge in [-0.1, -0.05) is 79.9 Å². The quantitative estimate of drug-likeness (QED) is 0.127. The molecule has 0 radical (unpaired) electrons. The van der Waals surface area contributed by atoms with Crippen LogP contribution in [-0.2, 0) is 19.1 Å². The van der Waals surface area contributed by atoms with Crippen LogP contribution < -0.4 is 26.6 Å². The number of hydrogen-bond acceptors (Lipinski definition) is 6. The average molecular weight is 687 g/mol. The molecule has 49 heavy (non-hydrogen) atoms. The number of ether oxygens (including phenoxy) is 1. The number of likely N-dealkylation sites (tertiary alicyclic amines) is 1. The summed E-state index contributed by atoms with van der Waals surface area (Å²) >= 11 is 0. The van der Waals surface area contributed by atoms with Gasteiger partial charge in [0.2, 0.25) is 17.7 Å². The summed E-state index contributed by atoms with van der Waals surface area (Å²) in [6, 6.07) is -3.29. The second-order valence-corrected chi connectivity index (χ2v) is 16.1. The Kier molecular flexibility index (Phi) is 13.7. The summed E-state index contributed by atoms with van der Waals surface area (Å²) in [6.45, 7) is 24.0. The van der Waals surface area contributed by atoms with E-state index in [-0.39, 0.29) is 65.7 Å². The number of piperidine rings is 1. The molecular formula is C37H62N6O6. The molecule has 3 fully saturated rings. The van der Waals surface area contributed by atoms with Crippen molar-refractivity contribution in [3.63, 3.8) is 0 Å². The number of hydrogen-bond donors (Lipinski definition) is 5. The number of nitrogens with zero attached hydrogens (tertiary/aromatic N) is 1. The van der Waals surface area contributed by atoms with E-state index < -0.39 is 41.7 Å². The number of rotatable bonds is 15. The fourth-order valence-corrected chi connectivity index (χ4v) is 7.44. The standard InChI is InChI=1S/C37H62N6O6/c1-11-16-26(23(5)31(44)38-19-12-2)40-32(45)30-28-25(37(28,9)10)20-43(30)33(46)29(24-17-14-13-15-18-24)42-34(47)41-27(36(6,7)8)21-49-35(48)39-22(3)4/h12,22,24-30H,2,5,11,13-21H2,1,3-4,6-10H3,(H,38,44)(H,39,48)(H,40,45)(H2,41,42,47)/t25?,26?,27?,28-,29-,30?/m0/s1. The molecule has 3 aliphatic rings. The topological polar surface area (TPSA) is 158 Å². The molecular weight excluding hydrogens is 624 g/mol. The van der Waals surface area contributed by atoms with Gasteiger partial charge in [-0.25, -0.2) is 9.59 Å². The first-order valence-electron chi connectivity index (χ1n) is 18.1. The van der Waals surface area contributed by atoms with Crippen LogP contribution in [0.1, 0.15) is 100 Å². The lowest BCUT2D eigenvalue weighted by Gasteiger charge is -2.38. The van der Waals surface area contributed by atoms with Crippen LogP contribution in [0.25, 0.3) is 0 Å². The van der Waals surface area contributed by atoms with E-state index in [1.807, 2.05) is 41.5 Å². The Bertz CT molecular complexity index is 1240. The van der Waals surface area contributed by atoms with Crippen molar-refractivity contribution in [2.45, 2.75) is 131 Å². The van der Waals surface area contributed by atoms with Gasteiger partial charge in [0.05, 0.1) is 12.1 Å². The lowest BCUT2D eigenvalue weighted by atomic mass is 9.83. The van der Waals surface area contributed by atoms with Crippen molar-refractivity contribution in [2.75, 3.05) is 19.7 Å². The van der Waals surface area contributed by atoms with Crippen molar-refractivity contribution < 1.29 is 28.7 Å². The van der Waals surface area contributed by atoms with Gasteiger partial charge in [-0.2, -0.15) is 0 Å². The number of alkyl carbamates (subject to hydrolysis) is 1. The smallest absolute Gasteiger partial charge is 0.407 e. The molecule has 2 aliphatic carbocycles. The summed E-state index contributed by atoms with van der Waals surface area (Å²) in [5.74, 6) is -0.894. The summed E-state index contributed by atoms with van der Waals surface area (Å²) in [6.07, 6.45) is 6.82. The van der Waals surface area contributed by atoms with Gasteiger partial charge >= 0.3 is 12.1 Å². The molecule has 6 atom stereocenters. The van der Waals surface area contributed by atoms with E-state index in [0.29, 0.717) is 13.0 Å². The molecule has 12 nitrogen and oxygen atoms in total. The summed E-state index contributed by atoms with van der Waals surface area (Å²) in [5.41, 5.74) is -0.312. The highest BCUT2D eigenvalue weighted by molar-refractivity contribution is 5.97. The van der Waals surface area contributed by atoms with Crippen molar-refractivity contribution >= 4 is 29.8 Å². The number of urea groups is 1. The van der Waals surface area contributed by atoms with E-state index >= 15 is 0 Å². The molecule has 2 saturated carbocycles. The summed E-state index contributed by atoms with van der Waals surface area (Å²) in [4.78, 5) is 69.0. The van der Waals surface area contributed by atoms with Gasteiger partial charge in [-0.3, -0.25) is 14.4 Å². The fraction of sp³-hybridized carbons (Fsp3) is 0.757. The normalized spacial score (nSPS) is 23.3. The second-order valence-electron chi connectivity index (χ2n) is 16.1. The molecule has 1 aliphatic heterocycles. The Balaban J connectivity index is 1.82. The van der Waals surface area contributed by atoms with Gasteiger partial charge in [0, 0.05) is 24.7 Å². The molecule has 0 bridgehead atoms. The lowest BCUT2D eigenvalue weighted by Crippen LogP contribution is -2.61. The summed E-state index contributed by atoms with van der Waals surface area (Å²) in [7, 11) is 0. The zero-order valence-electron chi connectivity index (χ0n) is 31.1. The van der Waals surface area contributed by atoms with Crippen LogP contribution in [0.15, 0.2) is 24.8 Å². The first-order valence-corrected chi connectivity index (χ1v) is 18.1. The van der Waals surface area contributed by atoms with Gasteiger partial charge in [-0.05, 0) is 61.7 Å². The molecule has 6 amide bonds. The van der Waals surface area contributed by atoms with Crippen LogP contribution in [0.4, 0.5) is 9.59 Å². The summed E-state index contributed by atoms with van der Waals surface area (Å²) in [5, 5.41) is 14.5. The maximum Gasteiger partial charge on any atom is 0.407 e. The minimum atomic E-state index is -0.826. The van der Waals surface area contributed by atoms with E-state index in [9.17, 15) is 24.0 Å². The van der Waals surface area contributed by atoms with Crippen molar-refractivity contribution in [2.24, 2.45) is 28.6 Å². The van der Waals surface area contributed by atoms with Gasteiger partial charge in [0.1, 0.15) is 18.7 Å². The number of fused-ring (bicyclic) bond motifs is 1. The first kappa shape index (κ1) is 39.9. The second kappa shape index (κ2) is 16.9. The van der Waals surface area contributed by atoms with Crippen molar-refractivity contribution in [1.29, 1.82) is 0 Å². The van der Waals surface area contributed by atoms with Crippen molar-refractivity contribution in [3.05, 3.63) is 24.8 Å². The lowest BCUT2D eigenvalue weighted by molar-refractivity contribution is -0.143. The van der Waals surface area contributed by atoms with Gasteiger partial charge in [0.15, 0.2) is 0 Å². The number of nitrogens with one attached hydrogen (secondary N) is 5. The zero-order valence-corrected chi connectivity index (χ0v) is 31.1. The molecule has 0 aromatic carbocycles. The highest BCUT2D eigenvalue weighted by Crippen LogP contribution is 2.65. The third kappa shape index (κ3) is 10.2. The SMILES string of the molecule is C=CCNC(=O)C(=C)C(CCC)NC(=O)C1[C@@H]2C(CN1C(=O)[C@@H](NC(=O)NC(COC(=O)NC(C)C)C(C)(C)C)C1CCCCC1)C2(C)C. The number of carbonyl (C=O) groups excluding carboxylic acids is 5. The molecule has 1 saturated heterocycles. The van der Waals surface area contributed by atoms with Gasteiger partial charge in [-0.15, -0.1) is 6.58 Å². The molecule has 3 rings (SSSR count). The Morgan fingerprint density at radius 3 is 2.22 bits per heavy atom. The predicted molar refractivity (Wildman–Crippen MR) is 190 cm³/mol. The third-order valence-electron chi connectivity index (χ3n) is 10.6. The molecule has 5 N–H and O–H groups in total. The average Bonchev–Trinajstić information content (AvgIpc) is 3.33. The molecule has 0 spiro atoms. The Labute approximate surface area is 293 Å². The molecule has 4 unspecified atom stereocenters. The van der Waals surface area contributed by atoms with Crippen LogP contribution in [-0.4, -0.2) is 84.7 Å². The Morgan fingerprint density at radius 1 is 1.00 bits per heavy atom. The fourth-order valence-electron chi connectivity index (χ4n) is 7.44. The Hall–Kier alpha value is -3.57. The molecule has 1 heterocycles. The first-order chi connectivity index (χ1) is 22.9. The molecule has 12 heteroatoms. The molecule has 276 valence electrons. The van der Waals surface area contributed by atoms with E-state index in [2.05, 4.69) is 53.6 Å². The maximum absolute atomic E-state index is 14.6. The third-order valence-corrected chi connectivity index (χ3v) is 10.6. The highest BCUT2D eigenvalue weighted by Gasteiger charge is 2.69. The van der Waals surface area contributed by atoms with Crippen LogP contribution in [0.3, 0.4) is 0 Å². The number of amides is 6. The zero-order chi connectivity index (χ0) is 36.7. The molecule has 0 aromatic heterocycles. The monoisotopic (exact) mass is 686 g/mol.